The SMILES string of the molecule is COCOc1cc(-c2ncc3c(N4CCCOCC4)nc(OCC4(C=O)CC4)nc3c2F)c2c(C#C[Si](C(C)C)(C(C)C)C(C)C)cccc2c1. The smallest absolute Gasteiger partial charge is 0.319 e. The van der Waals surface area contributed by atoms with Gasteiger partial charge in [0.05, 0.1) is 17.4 Å². The minimum atomic E-state index is -2.08. The molecule has 1 aliphatic carbocycles. The number of pyridine rings is 1. The van der Waals surface area contributed by atoms with Crippen LogP contribution in [0.3, 0.4) is 0 Å². The molecule has 3 heterocycles. The largest absolute Gasteiger partial charge is 0.468 e. The molecule has 0 unspecified atom stereocenters. The lowest BCUT2D eigenvalue weighted by Gasteiger charge is -2.38. The number of aldehydes is 1. The molecule has 51 heavy (non-hydrogen) atoms. The Labute approximate surface area is 301 Å². The zero-order valence-corrected chi connectivity index (χ0v) is 31.8. The Morgan fingerprint density at radius 1 is 1.04 bits per heavy atom. The third-order valence-corrected chi connectivity index (χ3v) is 16.9. The molecule has 0 bridgehead atoms. The van der Waals surface area contributed by atoms with E-state index in [4.69, 9.17) is 28.9 Å². The summed E-state index contributed by atoms with van der Waals surface area (Å²) in [7, 11) is -0.523. The number of anilines is 1. The van der Waals surface area contributed by atoms with Crippen molar-refractivity contribution in [2.75, 3.05) is 51.7 Å². The third kappa shape index (κ3) is 7.32. The topological polar surface area (TPSA) is 95.9 Å². The number of ether oxygens (including phenoxy) is 4. The number of methoxy groups -OCH3 is 1. The first-order chi connectivity index (χ1) is 24.5. The van der Waals surface area contributed by atoms with E-state index in [-0.39, 0.29) is 30.6 Å². The average molecular weight is 713 g/mol. The van der Waals surface area contributed by atoms with Crippen molar-refractivity contribution in [1.82, 2.24) is 15.0 Å². The molecular formula is C40H49FN4O5Si. The first kappa shape index (κ1) is 36.7. The van der Waals surface area contributed by atoms with Crippen LogP contribution in [0.25, 0.3) is 32.9 Å². The summed E-state index contributed by atoms with van der Waals surface area (Å²) >= 11 is 0. The van der Waals surface area contributed by atoms with E-state index in [1.807, 2.05) is 24.3 Å². The summed E-state index contributed by atoms with van der Waals surface area (Å²) in [6.07, 6.45) is 4.87. The molecule has 6 rings (SSSR count). The molecular weight excluding hydrogens is 664 g/mol. The van der Waals surface area contributed by atoms with Gasteiger partial charge in [-0.25, -0.2) is 4.39 Å². The minimum absolute atomic E-state index is 0.0257. The molecule has 0 N–H and O–H groups in total. The monoisotopic (exact) mass is 712 g/mol. The van der Waals surface area contributed by atoms with Gasteiger partial charge in [0.2, 0.25) is 0 Å². The van der Waals surface area contributed by atoms with Gasteiger partial charge in [-0.15, -0.1) is 5.54 Å². The lowest BCUT2D eigenvalue weighted by Crippen LogP contribution is -2.43. The fraction of sp³-hybridized carbons (Fsp3) is 0.500. The molecule has 2 aliphatic rings. The average Bonchev–Trinajstić information content (AvgIpc) is 3.94. The van der Waals surface area contributed by atoms with Gasteiger partial charge >= 0.3 is 6.01 Å². The molecule has 1 aliphatic heterocycles. The first-order valence-corrected chi connectivity index (χ1v) is 20.3. The molecule has 270 valence electrons. The highest BCUT2D eigenvalue weighted by Gasteiger charge is 2.44. The van der Waals surface area contributed by atoms with E-state index in [1.165, 1.54) is 0 Å². The van der Waals surface area contributed by atoms with Gasteiger partial charge in [0.15, 0.2) is 12.6 Å². The van der Waals surface area contributed by atoms with E-state index in [1.54, 1.807) is 19.4 Å². The highest BCUT2D eigenvalue weighted by Crippen LogP contribution is 2.44. The van der Waals surface area contributed by atoms with Crippen LogP contribution >= 0.6 is 0 Å². The van der Waals surface area contributed by atoms with Crippen molar-refractivity contribution in [2.24, 2.45) is 5.41 Å². The normalized spacial score (nSPS) is 16.0. The molecule has 2 aromatic heterocycles. The van der Waals surface area contributed by atoms with Crippen LogP contribution in [0.4, 0.5) is 10.2 Å². The molecule has 0 amide bonds. The van der Waals surface area contributed by atoms with Crippen LogP contribution in [-0.4, -0.2) is 76.1 Å². The van der Waals surface area contributed by atoms with Crippen LogP contribution < -0.4 is 14.4 Å². The summed E-state index contributed by atoms with van der Waals surface area (Å²) in [4.78, 5) is 27.9. The molecule has 4 aromatic rings. The van der Waals surface area contributed by atoms with Gasteiger partial charge in [-0.05, 0) is 59.5 Å². The van der Waals surface area contributed by atoms with Crippen molar-refractivity contribution < 1.29 is 28.1 Å². The lowest BCUT2D eigenvalue weighted by molar-refractivity contribution is -0.113. The van der Waals surface area contributed by atoms with Gasteiger partial charge in [0, 0.05) is 49.5 Å². The zero-order chi connectivity index (χ0) is 36.3. The molecule has 9 nitrogen and oxygen atoms in total. The Kier molecular flexibility index (Phi) is 11.0. The van der Waals surface area contributed by atoms with Crippen molar-refractivity contribution in [3.05, 3.63) is 47.9 Å². The number of fused-ring (bicyclic) bond motifs is 2. The third-order valence-electron chi connectivity index (χ3n) is 10.6. The van der Waals surface area contributed by atoms with Crippen molar-refractivity contribution in [3.63, 3.8) is 0 Å². The van der Waals surface area contributed by atoms with Gasteiger partial charge in [0.25, 0.3) is 0 Å². The highest BCUT2D eigenvalue weighted by atomic mass is 28.3. The predicted molar refractivity (Wildman–Crippen MR) is 202 cm³/mol. The van der Waals surface area contributed by atoms with Crippen LogP contribution in [0.1, 0.15) is 66.4 Å². The van der Waals surface area contributed by atoms with Crippen LogP contribution in [0.2, 0.25) is 16.6 Å². The maximum absolute atomic E-state index is 17.2. The van der Waals surface area contributed by atoms with E-state index >= 15 is 4.39 Å². The Bertz CT molecular complexity index is 1940. The Morgan fingerprint density at radius 3 is 2.49 bits per heavy atom. The van der Waals surface area contributed by atoms with Crippen molar-refractivity contribution in [3.8, 4) is 34.5 Å². The van der Waals surface area contributed by atoms with Crippen LogP contribution in [-0.2, 0) is 14.3 Å². The fourth-order valence-corrected chi connectivity index (χ4v) is 12.9. The number of halogens is 1. The van der Waals surface area contributed by atoms with E-state index in [0.29, 0.717) is 65.4 Å². The van der Waals surface area contributed by atoms with E-state index in [9.17, 15) is 4.79 Å². The van der Waals surface area contributed by atoms with Crippen LogP contribution in [0.15, 0.2) is 36.5 Å². The van der Waals surface area contributed by atoms with Crippen LogP contribution in [0, 0.1) is 22.7 Å². The summed E-state index contributed by atoms with van der Waals surface area (Å²) < 4.78 is 40.1. The number of nitrogens with zero attached hydrogens (tertiary/aromatic N) is 4. The zero-order valence-electron chi connectivity index (χ0n) is 30.8. The van der Waals surface area contributed by atoms with Gasteiger partial charge in [-0.3, -0.25) is 4.98 Å². The molecule has 2 fully saturated rings. The second-order valence-corrected chi connectivity index (χ2v) is 20.4. The van der Waals surface area contributed by atoms with Crippen LogP contribution in [0.5, 0.6) is 11.8 Å². The van der Waals surface area contributed by atoms with Gasteiger partial charge in [-0.1, -0.05) is 59.6 Å². The van der Waals surface area contributed by atoms with Crippen molar-refractivity contribution >= 4 is 41.9 Å². The highest BCUT2D eigenvalue weighted by molar-refractivity contribution is 6.90. The van der Waals surface area contributed by atoms with Gasteiger partial charge in [0.1, 0.15) is 43.7 Å². The van der Waals surface area contributed by atoms with Crippen molar-refractivity contribution in [1.29, 1.82) is 0 Å². The summed E-state index contributed by atoms with van der Waals surface area (Å²) in [5, 5.41) is 2.11. The minimum Gasteiger partial charge on any atom is -0.468 e. The number of carbonyl (C=O) groups is 1. The fourth-order valence-electron chi connectivity index (χ4n) is 7.65. The number of aromatic nitrogens is 3. The lowest BCUT2D eigenvalue weighted by atomic mass is 9.96. The maximum Gasteiger partial charge on any atom is 0.319 e. The van der Waals surface area contributed by atoms with Crippen molar-refractivity contribution in [2.45, 2.75) is 77.4 Å². The second kappa shape index (κ2) is 15.2. The second-order valence-electron chi connectivity index (χ2n) is 14.8. The molecule has 0 atom stereocenters. The summed E-state index contributed by atoms with van der Waals surface area (Å²) in [5.41, 5.74) is 6.23. The number of hydrogen-bond donors (Lipinski definition) is 0. The maximum atomic E-state index is 17.2. The summed E-state index contributed by atoms with van der Waals surface area (Å²) in [6, 6.07) is 9.71. The summed E-state index contributed by atoms with van der Waals surface area (Å²) in [5.74, 6) is 4.05. The van der Waals surface area contributed by atoms with Gasteiger partial charge in [-0.2, -0.15) is 9.97 Å². The Hall–Kier alpha value is -4.11. The Morgan fingerprint density at radius 2 is 1.80 bits per heavy atom. The van der Waals surface area contributed by atoms with E-state index in [2.05, 4.69) is 62.9 Å². The molecule has 11 heteroatoms. The number of benzene rings is 2. The van der Waals surface area contributed by atoms with E-state index in [0.717, 1.165) is 41.9 Å². The molecule has 2 aromatic carbocycles. The van der Waals surface area contributed by atoms with Gasteiger partial charge < -0.3 is 28.6 Å². The number of hydrogen-bond acceptors (Lipinski definition) is 9. The first-order valence-electron chi connectivity index (χ1n) is 18.0. The summed E-state index contributed by atoms with van der Waals surface area (Å²) in [6.45, 7) is 16.3. The molecule has 1 saturated heterocycles. The quantitative estimate of drug-likeness (QED) is 0.0625. The van der Waals surface area contributed by atoms with E-state index < -0.39 is 19.3 Å². The predicted octanol–water partition coefficient (Wildman–Crippen LogP) is 8.12. The Balaban J connectivity index is 1.57. The standard InChI is InChI=1S/C40H49FN4O5Si/c1-26(2)51(27(3)4,28(5)6)19-12-29-10-8-11-30-20-31(50-25-47-7)21-32(34(29)30)36-35(41)37-33(22-42-36)38(45-15-9-17-48-18-16-45)44-39(43-37)49-24-40(23-46)13-14-40/h8,10-11,20-23,26-28H,9,13-18,24-25H2,1-7H3. The number of rotatable bonds is 12. The molecule has 1 saturated carbocycles. The molecule has 0 radical (unpaired) electrons. The molecule has 0 spiro atoms. The number of carbonyl (C=O) groups excluding carboxylic acids is 1.